The van der Waals surface area contributed by atoms with Gasteiger partial charge in [-0.15, -0.1) is 10.2 Å². The molecule has 0 spiro atoms. The minimum atomic E-state index is -0.299. The fourth-order valence-corrected chi connectivity index (χ4v) is 3.97. The zero-order valence-corrected chi connectivity index (χ0v) is 16.9. The van der Waals surface area contributed by atoms with Gasteiger partial charge in [-0.1, -0.05) is 41.3 Å². The van der Waals surface area contributed by atoms with Crippen molar-refractivity contribution in [2.45, 2.75) is 17.3 Å². The highest BCUT2D eigenvalue weighted by atomic mass is 32.2. The van der Waals surface area contributed by atoms with Gasteiger partial charge in [-0.25, -0.2) is 4.39 Å². The molecule has 0 saturated heterocycles. The number of nitrogens with zero attached hydrogens (tertiary/aromatic N) is 2. The van der Waals surface area contributed by atoms with Crippen LogP contribution >= 0.6 is 23.1 Å². The molecule has 0 fully saturated rings. The smallest absolute Gasteiger partial charge is 0.230 e. The molecule has 0 radical (unpaired) electrons. The van der Waals surface area contributed by atoms with Crippen LogP contribution in [0.5, 0.6) is 5.75 Å². The Morgan fingerprint density at radius 3 is 2.79 bits per heavy atom. The number of benzene rings is 2. The van der Waals surface area contributed by atoms with Crippen molar-refractivity contribution in [1.29, 1.82) is 0 Å². The number of anilines is 2. The summed E-state index contributed by atoms with van der Waals surface area (Å²) in [5, 5.41) is 14.9. The van der Waals surface area contributed by atoms with Crippen molar-refractivity contribution in [2.24, 2.45) is 0 Å². The Morgan fingerprint density at radius 1 is 1.25 bits per heavy atom. The molecule has 2 aromatic carbocycles. The first-order valence-electron chi connectivity index (χ1n) is 8.45. The van der Waals surface area contributed by atoms with E-state index in [1.165, 1.54) is 35.2 Å². The molecule has 2 N–H and O–H groups in total. The molecule has 28 heavy (non-hydrogen) atoms. The normalized spacial score (nSPS) is 11.7. The first-order valence-corrected chi connectivity index (χ1v) is 10.3. The van der Waals surface area contributed by atoms with Gasteiger partial charge in [-0.05, 0) is 36.8 Å². The van der Waals surface area contributed by atoms with Crippen molar-refractivity contribution in [3.05, 3.63) is 59.9 Å². The first kappa shape index (κ1) is 20.1. The summed E-state index contributed by atoms with van der Waals surface area (Å²) in [7, 11) is 1.61. The van der Waals surface area contributed by atoms with Crippen LogP contribution in [0.1, 0.15) is 18.5 Å². The molecule has 0 bridgehead atoms. The summed E-state index contributed by atoms with van der Waals surface area (Å²) in [5.74, 6) is 0.544. The van der Waals surface area contributed by atoms with Gasteiger partial charge < -0.3 is 15.4 Å². The second-order valence-electron chi connectivity index (χ2n) is 5.86. The molecule has 1 unspecified atom stereocenters. The van der Waals surface area contributed by atoms with Crippen LogP contribution in [0.2, 0.25) is 0 Å². The average molecular weight is 419 g/mol. The van der Waals surface area contributed by atoms with E-state index >= 15 is 0 Å². The van der Waals surface area contributed by atoms with Crippen molar-refractivity contribution in [1.82, 2.24) is 15.5 Å². The van der Waals surface area contributed by atoms with Gasteiger partial charge in [-0.2, -0.15) is 0 Å². The zero-order chi connectivity index (χ0) is 19.9. The maximum atomic E-state index is 13.0. The summed E-state index contributed by atoms with van der Waals surface area (Å²) in [6.45, 7) is 1.86. The van der Waals surface area contributed by atoms with Crippen molar-refractivity contribution in [2.75, 3.05) is 18.2 Å². The molecule has 1 heterocycles. The van der Waals surface area contributed by atoms with Crippen LogP contribution < -0.4 is 15.4 Å². The monoisotopic (exact) mass is 418 g/mol. The Kier molecular flexibility index (Phi) is 6.83. The molecule has 9 heteroatoms. The Bertz CT molecular complexity index is 934. The number of hydrogen-bond donors (Lipinski definition) is 2. The molecule has 3 rings (SSSR count). The van der Waals surface area contributed by atoms with Crippen LogP contribution in [0, 0.1) is 5.82 Å². The first-order chi connectivity index (χ1) is 13.5. The van der Waals surface area contributed by atoms with Crippen molar-refractivity contribution < 1.29 is 13.9 Å². The Labute approximate surface area is 170 Å². The van der Waals surface area contributed by atoms with E-state index in [1.54, 1.807) is 19.2 Å². The van der Waals surface area contributed by atoms with Gasteiger partial charge in [0.1, 0.15) is 11.6 Å². The van der Waals surface area contributed by atoms with Gasteiger partial charge in [-0.3, -0.25) is 4.79 Å². The fourth-order valence-electron chi connectivity index (χ4n) is 2.39. The number of methoxy groups -OCH3 is 1. The molecule has 3 aromatic rings. The van der Waals surface area contributed by atoms with Crippen LogP contribution in [0.15, 0.2) is 52.9 Å². The number of amides is 1. The summed E-state index contributed by atoms with van der Waals surface area (Å²) in [5.41, 5.74) is 1.69. The maximum absolute atomic E-state index is 13.0. The molecule has 6 nitrogen and oxygen atoms in total. The molecule has 1 amide bonds. The Morgan fingerprint density at radius 2 is 2.04 bits per heavy atom. The minimum Gasteiger partial charge on any atom is -0.497 e. The standard InChI is InChI=1S/C19H19FN4O2S2/c1-12(13-6-8-14(20)9-7-13)21-17(25)11-27-19-24-23-18(28-19)22-15-4-3-5-16(10-15)26-2/h3-10,12H,11H2,1-2H3,(H,21,25)(H,22,23). The van der Waals surface area contributed by atoms with Crippen molar-refractivity contribution in [3.8, 4) is 5.75 Å². The second kappa shape index (κ2) is 9.52. The molecule has 0 saturated carbocycles. The summed E-state index contributed by atoms with van der Waals surface area (Å²) >= 11 is 2.68. The van der Waals surface area contributed by atoms with Gasteiger partial charge in [0.2, 0.25) is 11.0 Å². The van der Waals surface area contributed by atoms with E-state index in [0.29, 0.717) is 9.47 Å². The number of halogens is 1. The predicted molar refractivity (Wildman–Crippen MR) is 110 cm³/mol. The van der Waals surface area contributed by atoms with Gasteiger partial charge in [0.15, 0.2) is 4.34 Å². The van der Waals surface area contributed by atoms with Crippen LogP contribution in [0.3, 0.4) is 0 Å². The van der Waals surface area contributed by atoms with Crippen LogP contribution in [-0.4, -0.2) is 29.0 Å². The number of carbonyl (C=O) groups is 1. The van der Waals surface area contributed by atoms with Gasteiger partial charge >= 0.3 is 0 Å². The summed E-state index contributed by atoms with van der Waals surface area (Å²) < 4.78 is 18.9. The molecule has 1 aromatic heterocycles. The van der Waals surface area contributed by atoms with E-state index in [2.05, 4.69) is 20.8 Å². The van der Waals surface area contributed by atoms with E-state index in [0.717, 1.165) is 17.0 Å². The highest BCUT2D eigenvalue weighted by Crippen LogP contribution is 2.28. The number of carbonyl (C=O) groups excluding carboxylic acids is 1. The SMILES string of the molecule is COc1cccc(Nc2nnc(SCC(=O)NC(C)c3ccc(F)cc3)s2)c1. The maximum Gasteiger partial charge on any atom is 0.230 e. The lowest BCUT2D eigenvalue weighted by atomic mass is 10.1. The number of ether oxygens (including phenoxy) is 1. The molecule has 0 aliphatic heterocycles. The van der Waals surface area contributed by atoms with Crippen molar-refractivity contribution in [3.63, 3.8) is 0 Å². The third kappa shape index (κ3) is 5.67. The molecule has 0 aliphatic carbocycles. The highest BCUT2D eigenvalue weighted by Gasteiger charge is 2.12. The summed E-state index contributed by atoms with van der Waals surface area (Å²) in [6.07, 6.45) is 0. The number of rotatable bonds is 8. The van der Waals surface area contributed by atoms with Gasteiger partial charge in [0.05, 0.1) is 18.9 Å². The van der Waals surface area contributed by atoms with E-state index in [1.807, 2.05) is 31.2 Å². The number of aromatic nitrogens is 2. The second-order valence-corrected chi connectivity index (χ2v) is 8.06. The van der Waals surface area contributed by atoms with E-state index in [9.17, 15) is 9.18 Å². The lowest BCUT2D eigenvalue weighted by Crippen LogP contribution is -2.28. The van der Waals surface area contributed by atoms with Crippen molar-refractivity contribution >= 4 is 39.8 Å². The largest absolute Gasteiger partial charge is 0.497 e. The van der Waals surface area contributed by atoms with Crippen LogP contribution in [0.4, 0.5) is 15.2 Å². The highest BCUT2D eigenvalue weighted by molar-refractivity contribution is 8.01. The topological polar surface area (TPSA) is 76.1 Å². The molecular formula is C19H19FN4O2S2. The van der Waals surface area contributed by atoms with Gasteiger partial charge in [0.25, 0.3) is 0 Å². The predicted octanol–water partition coefficient (Wildman–Crippen LogP) is 4.40. The van der Waals surface area contributed by atoms with Gasteiger partial charge in [0, 0.05) is 11.8 Å². The molecule has 0 aliphatic rings. The lowest BCUT2D eigenvalue weighted by Gasteiger charge is -2.13. The number of hydrogen-bond acceptors (Lipinski definition) is 7. The Hall–Kier alpha value is -2.65. The third-order valence-electron chi connectivity index (χ3n) is 3.80. The summed E-state index contributed by atoms with van der Waals surface area (Å²) in [6, 6.07) is 13.4. The lowest BCUT2D eigenvalue weighted by molar-refractivity contribution is -0.119. The molecule has 146 valence electrons. The van der Waals surface area contributed by atoms with E-state index < -0.39 is 0 Å². The summed E-state index contributed by atoms with van der Waals surface area (Å²) in [4.78, 5) is 12.2. The molecule has 1 atom stereocenters. The van der Waals surface area contributed by atoms with E-state index in [-0.39, 0.29) is 23.5 Å². The Balaban J connectivity index is 1.49. The number of nitrogens with one attached hydrogen (secondary N) is 2. The minimum absolute atomic E-state index is 0.126. The fraction of sp³-hybridized carbons (Fsp3) is 0.211. The molecular weight excluding hydrogens is 399 g/mol. The quantitative estimate of drug-likeness (QED) is 0.528. The van der Waals surface area contributed by atoms with Crippen LogP contribution in [0.25, 0.3) is 0 Å². The average Bonchev–Trinajstić information content (AvgIpc) is 3.14. The third-order valence-corrected chi connectivity index (χ3v) is 5.77. The number of thioether (sulfide) groups is 1. The zero-order valence-electron chi connectivity index (χ0n) is 15.3. The van der Waals surface area contributed by atoms with Crippen LogP contribution in [-0.2, 0) is 4.79 Å². The van der Waals surface area contributed by atoms with E-state index in [4.69, 9.17) is 4.74 Å².